The van der Waals surface area contributed by atoms with Gasteiger partial charge in [-0.25, -0.2) is 0 Å². The molecule has 0 aromatic heterocycles. The molecule has 1 aromatic rings. The van der Waals surface area contributed by atoms with Gasteiger partial charge in [-0.3, -0.25) is 0 Å². The average Bonchev–Trinajstić information content (AvgIpc) is 2.42. The Labute approximate surface area is 113 Å². The SMILES string of the molecule is CNC1CC(Oc2cc(OC)cc(OC)c2)C1OC. The van der Waals surface area contributed by atoms with E-state index in [-0.39, 0.29) is 12.2 Å². The van der Waals surface area contributed by atoms with E-state index in [2.05, 4.69) is 5.32 Å². The van der Waals surface area contributed by atoms with Crippen LogP contribution in [0, 0.1) is 0 Å². The van der Waals surface area contributed by atoms with Crippen LogP contribution >= 0.6 is 0 Å². The summed E-state index contributed by atoms with van der Waals surface area (Å²) in [5.41, 5.74) is 0. The predicted octanol–water partition coefficient (Wildman–Crippen LogP) is 1.46. The molecule has 5 heteroatoms. The molecule has 2 rings (SSSR count). The fraction of sp³-hybridized carbons (Fsp3) is 0.571. The zero-order valence-electron chi connectivity index (χ0n) is 11.8. The van der Waals surface area contributed by atoms with E-state index >= 15 is 0 Å². The highest BCUT2D eigenvalue weighted by Gasteiger charge is 2.42. The normalized spacial score (nSPS) is 25.6. The van der Waals surface area contributed by atoms with Crippen molar-refractivity contribution in [1.29, 1.82) is 0 Å². The lowest BCUT2D eigenvalue weighted by Crippen LogP contribution is -2.60. The first-order valence-corrected chi connectivity index (χ1v) is 6.31. The molecule has 0 radical (unpaired) electrons. The van der Waals surface area contributed by atoms with Crippen LogP contribution in [0.2, 0.25) is 0 Å². The Morgan fingerprint density at radius 2 is 1.58 bits per heavy atom. The Hall–Kier alpha value is -1.46. The lowest BCUT2D eigenvalue weighted by molar-refractivity contribution is -0.0870. The minimum absolute atomic E-state index is 0.0549. The van der Waals surface area contributed by atoms with Gasteiger partial charge >= 0.3 is 0 Å². The van der Waals surface area contributed by atoms with E-state index in [4.69, 9.17) is 18.9 Å². The van der Waals surface area contributed by atoms with Gasteiger partial charge in [0.15, 0.2) is 0 Å². The molecule has 0 heterocycles. The van der Waals surface area contributed by atoms with Crippen LogP contribution in [0.25, 0.3) is 0 Å². The first-order chi connectivity index (χ1) is 9.21. The molecular formula is C14H21NO4. The van der Waals surface area contributed by atoms with Gasteiger partial charge in [0.05, 0.1) is 14.2 Å². The summed E-state index contributed by atoms with van der Waals surface area (Å²) in [7, 11) is 6.88. The summed E-state index contributed by atoms with van der Waals surface area (Å²) in [6, 6.07) is 5.87. The van der Waals surface area contributed by atoms with Gasteiger partial charge in [0.1, 0.15) is 29.5 Å². The van der Waals surface area contributed by atoms with E-state index in [9.17, 15) is 0 Å². The van der Waals surface area contributed by atoms with Crippen molar-refractivity contribution in [2.45, 2.75) is 24.7 Å². The molecule has 1 fully saturated rings. The molecule has 5 nitrogen and oxygen atoms in total. The Morgan fingerprint density at radius 3 is 2.05 bits per heavy atom. The van der Waals surface area contributed by atoms with Crippen LogP contribution in [0.15, 0.2) is 18.2 Å². The van der Waals surface area contributed by atoms with Gasteiger partial charge in [-0.05, 0) is 7.05 Å². The van der Waals surface area contributed by atoms with Gasteiger partial charge in [-0.2, -0.15) is 0 Å². The van der Waals surface area contributed by atoms with Crippen LogP contribution in [0.5, 0.6) is 17.2 Å². The van der Waals surface area contributed by atoms with Crippen LogP contribution < -0.4 is 19.5 Å². The van der Waals surface area contributed by atoms with Crippen LogP contribution in [0.4, 0.5) is 0 Å². The second-order valence-electron chi connectivity index (χ2n) is 4.54. The number of likely N-dealkylation sites (N-methyl/N-ethyl adjacent to an activating group) is 1. The van der Waals surface area contributed by atoms with Gasteiger partial charge < -0.3 is 24.3 Å². The average molecular weight is 267 g/mol. The van der Waals surface area contributed by atoms with E-state index < -0.39 is 0 Å². The lowest BCUT2D eigenvalue weighted by atomic mass is 9.85. The first-order valence-electron chi connectivity index (χ1n) is 6.31. The smallest absolute Gasteiger partial charge is 0.128 e. The monoisotopic (exact) mass is 267 g/mol. The summed E-state index contributed by atoms with van der Waals surface area (Å²) < 4.78 is 21.8. The molecule has 0 saturated heterocycles. The first kappa shape index (κ1) is 14.0. The summed E-state index contributed by atoms with van der Waals surface area (Å²) in [6.07, 6.45) is 1.05. The van der Waals surface area contributed by atoms with Crippen molar-refractivity contribution in [1.82, 2.24) is 5.32 Å². The lowest BCUT2D eigenvalue weighted by Gasteiger charge is -2.43. The number of ether oxygens (including phenoxy) is 4. The molecule has 19 heavy (non-hydrogen) atoms. The second-order valence-corrected chi connectivity index (χ2v) is 4.54. The molecule has 106 valence electrons. The summed E-state index contributed by atoms with van der Waals surface area (Å²) in [4.78, 5) is 0. The van der Waals surface area contributed by atoms with E-state index in [1.54, 1.807) is 21.3 Å². The van der Waals surface area contributed by atoms with E-state index in [1.807, 2.05) is 25.2 Å². The number of methoxy groups -OCH3 is 3. The minimum atomic E-state index is 0.0549. The van der Waals surface area contributed by atoms with Crippen LogP contribution in [-0.2, 0) is 4.74 Å². The molecule has 0 aliphatic heterocycles. The molecule has 3 unspecified atom stereocenters. The van der Waals surface area contributed by atoms with Crippen molar-refractivity contribution >= 4 is 0 Å². The van der Waals surface area contributed by atoms with E-state index in [0.717, 1.165) is 12.2 Å². The van der Waals surface area contributed by atoms with Crippen molar-refractivity contribution in [2.24, 2.45) is 0 Å². The molecule has 3 atom stereocenters. The third-order valence-corrected chi connectivity index (χ3v) is 3.50. The van der Waals surface area contributed by atoms with E-state index in [0.29, 0.717) is 17.5 Å². The number of rotatable bonds is 6. The summed E-state index contributed by atoms with van der Waals surface area (Å²) >= 11 is 0. The standard InChI is InChI=1S/C14H21NO4/c1-15-12-8-13(14(12)18-4)19-11-6-9(16-2)5-10(7-11)17-3/h5-7,12-15H,8H2,1-4H3. The molecule has 1 aliphatic rings. The molecule has 0 amide bonds. The highest BCUT2D eigenvalue weighted by atomic mass is 16.5. The van der Waals surface area contributed by atoms with Gasteiger partial charge in [-0.1, -0.05) is 0 Å². The highest BCUT2D eigenvalue weighted by molar-refractivity contribution is 5.42. The molecule has 1 N–H and O–H groups in total. The van der Waals surface area contributed by atoms with Gasteiger partial charge in [0.2, 0.25) is 0 Å². The van der Waals surface area contributed by atoms with Crippen LogP contribution in [0.3, 0.4) is 0 Å². The highest BCUT2D eigenvalue weighted by Crippen LogP contribution is 2.32. The molecule has 1 saturated carbocycles. The zero-order chi connectivity index (χ0) is 13.8. The van der Waals surface area contributed by atoms with Crippen molar-refractivity contribution in [2.75, 3.05) is 28.4 Å². The van der Waals surface area contributed by atoms with Crippen LogP contribution in [0.1, 0.15) is 6.42 Å². The zero-order valence-corrected chi connectivity index (χ0v) is 11.8. The quantitative estimate of drug-likeness (QED) is 0.845. The Balaban J connectivity index is 2.07. The number of hydrogen-bond donors (Lipinski definition) is 1. The third kappa shape index (κ3) is 2.93. The summed E-state index contributed by atoms with van der Waals surface area (Å²) in [5, 5.41) is 3.21. The predicted molar refractivity (Wildman–Crippen MR) is 72.2 cm³/mol. The van der Waals surface area contributed by atoms with Crippen molar-refractivity contribution in [3.8, 4) is 17.2 Å². The van der Waals surface area contributed by atoms with Crippen molar-refractivity contribution in [3.05, 3.63) is 18.2 Å². The number of benzene rings is 1. The van der Waals surface area contributed by atoms with E-state index in [1.165, 1.54) is 0 Å². The summed E-state index contributed by atoms with van der Waals surface area (Å²) in [6.45, 7) is 0. The Kier molecular flexibility index (Phi) is 4.50. The molecule has 1 aliphatic carbocycles. The third-order valence-electron chi connectivity index (χ3n) is 3.50. The second kappa shape index (κ2) is 6.12. The Bertz CT molecular complexity index is 402. The fourth-order valence-electron chi connectivity index (χ4n) is 2.32. The summed E-state index contributed by atoms with van der Waals surface area (Å²) in [5.74, 6) is 2.17. The topological polar surface area (TPSA) is 49.0 Å². The molecule has 0 bridgehead atoms. The largest absolute Gasteiger partial charge is 0.496 e. The molecule has 1 aromatic carbocycles. The molecular weight excluding hydrogens is 246 g/mol. The molecule has 0 spiro atoms. The maximum absolute atomic E-state index is 5.95. The van der Waals surface area contributed by atoms with Gasteiger partial charge in [0.25, 0.3) is 0 Å². The number of nitrogens with one attached hydrogen (secondary N) is 1. The van der Waals surface area contributed by atoms with Gasteiger partial charge in [0, 0.05) is 37.8 Å². The maximum Gasteiger partial charge on any atom is 0.128 e. The Morgan fingerprint density at radius 1 is 1.00 bits per heavy atom. The number of hydrogen-bond acceptors (Lipinski definition) is 5. The van der Waals surface area contributed by atoms with Gasteiger partial charge in [-0.15, -0.1) is 0 Å². The fourth-order valence-corrected chi connectivity index (χ4v) is 2.32. The van der Waals surface area contributed by atoms with Crippen molar-refractivity contribution in [3.63, 3.8) is 0 Å². The van der Waals surface area contributed by atoms with Crippen LogP contribution in [-0.4, -0.2) is 46.6 Å². The maximum atomic E-state index is 5.95. The minimum Gasteiger partial charge on any atom is -0.496 e. The van der Waals surface area contributed by atoms with Crippen molar-refractivity contribution < 1.29 is 18.9 Å².